The molecule has 0 atom stereocenters. The lowest BCUT2D eigenvalue weighted by molar-refractivity contribution is -0.117. The van der Waals surface area contributed by atoms with Gasteiger partial charge in [0.15, 0.2) is 0 Å². The first-order valence-corrected chi connectivity index (χ1v) is 7.33. The Morgan fingerprint density at radius 3 is 2.60 bits per heavy atom. The molecule has 0 heterocycles. The maximum absolute atomic E-state index is 12.3. The molecule has 4 heteroatoms. The first kappa shape index (κ1) is 14.9. The highest BCUT2D eigenvalue weighted by Gasteiger charge is 2.32. The van der Waals surface area contributed by atoms with E-state index in [1.54, 1.807) is 18.2 Å². The van der Waals surface area contributed by atoms with Crippen LogP contribution in [-0.4, -0.2) is 23.6 Å². The second-order valence-corrected chi connectivity index (χ2v) is 5.82. The van der Waals surface area contributed by atoms with Crippen LogP contribution in [0.4, 0.5) is 5.69 Å². The number of aromatic hydroxyl groups is 1. The van der Waals surface area contributed by atoms with E-state index in [9.17, 15) is 9.90 Å². The Morgan fingerprint density at radius 1 is 1.30 bits per heavy atom. The molecule has 3 N–H and O–H groups in total. The molecule has 2 rings (SSSR count). The highest BCUT2D eigenvalue weighted by atomic mass is 16.3. The van der Waals surface area contributed by atoms with E-state index in [-0.39, 0.29) is 17.2 Å². The average Bonchev–Trinajstić information content (AvgIpc) is 2.43. The largest absolute Gasteiger partial charge is 0.508 e. The van der Waals surface area contributed by atoms with Gasteiger partial charge in [-0.25, -0.2) is 0 Å². The third-order valence-corrected chi connectivity index (χ3v) is 4.32. The van der Waals surface area contributed by atoms with Crippen molar-refractivity contribution >= 4 is 11.6 Å². The van der Waals surface area contributed by atoms with Gasteiger partial charge >= 0.3 is 0 Å². The normalized spacial score (nSPS) is 17.7. The van der Waals surface area contributed by atoms with E-state index in [2.05, 4.69) is 10.6 Å². The lowest BCUT2D eigenvalue weighted by atomic mass is 9.79. The Morgan fingerprint density at radius 2 is 2.00 bits per heavy atom. The average molecular weight is 276 g/mol. The van der Waals surface area contributed by atoms with Crippen LogP contribution in [0.2, 0.25) is 0 Å². The Balaban J connectivity index is 2.00. The zero-order valence-electron chi connectivity index (χ0n) is 12.3. The van der Waals surface area contributed by atoms with Gasteiger partial charge in [-0.2, -0.15) is 0 Å². The molecular weight excluding hydrogens is 252 g/mol. The summed E-state index contributed by atoms with van der Waals surface area (Å²) in [4.78, 5) is 12.3. The molecule has 0 aromatic heterocycles. The van der Waals surface area contributed by atoms with Gasteiger partial charge < -0.3 is 15.7 Å². The molecule has 110 valence electrons. The fourth-order valence-electron chi connectivity index (χ4n) is 3.03. The van der Waals surface area contributed by atoms with Crippen molar-refractivity contribution in [3.05, 3.63) is 23.8 Å². The third kappa shape index (κ3) is 3.51. The van der Waals surface area contributed by atoms with Gasteiger partial charge in [0.05, 0.1) is 0 Å². The van der Waals surface area contributed by atoms with Crippen molar-refractivity contribution in [2.24, 2.45) is 0 Å². The number of rotatable bonds is 4. The number of hydrogen-bond donors (Lipinski definition) is 3. The number of carbonyl (C=O) groups is 1. The minimum absolute atomic E-state index is 0.0371. The molecule has 0 bridgehead atoms. The molecule has 0 radical (unpaired) electrons. The number of phenols is 1. The second-order valence-electron chi connectivity index (χ2n) is 5.82. The number of hydrogen-bond acceptors (Lipinski definition) is 3. The Labute approximate surface area is 120 Å². The molecule has 1 aliphatic carbocycles. The van der Waals surface area contributed by atoms with Crippen LogP contribution in [0.25, 0.3) is 0 Å². The molecule has 1 amide bonds. The zero-order valence-corrected chi connectivity index (χ0v) is 12.3. The number of amides is 1. The van der Waals surface area contributed by atoms with Gasteiger partial charge in [-0.15, -0.1) is 0 Å². The van der Waals surface area contributed by atoms with Crippen LogP contribution in [0.15, 0.2) is 18.2 Å². The number of phenolic OH excluding ortho intramolecular Hbond substituents is 1. The lowest BCUT2D eigenvalue weighted by Gasteiger charge is -2.36. The Kier molecular flexibility index (Phi) is 4.65. The van der Waals surface area contributed by atoms with E-state index < -0.39 is 0 Å². The highest BCUT2D eigenvalue weighted by molar-refractivity contribution is 5.92. The number of benzene rings is 1. The van der Waals surface area contributed by atoms with Crippen molar-refractivity contribution in [2.45, 2.75) is 51.0 Å². The molecular formula is C16H24N2O2. The summed E-state index contributed by atoms with van der Waals surface area (Å²) in [6.45, 7) is 1.88. The number of anilines is 1. The highest BCUT2D eigenvalue weighted by Crippen LogP contribution is 2.31. The molecule has 0 spiro atoms. The fraction of sp³-hybridized carbons (Fsp3) is 0.562. The smallest absolute Gasteiger partial charge is 0.226 e. The van der Waals surface area contributed by atoms with Crippen LogP contribution in [0.5, 0.6) is 5.75 Å². The molecule has 1 aromatic carbocycles. The van der Waals surface area contributed by atoms with Crippen LogP contribution >= 0.6 is 0 Å². The topological polar surface area (TPSA) is 61.4 Å². The minimum atomic E-state index is -0.0485. The molecule has 0 aliphatic heterocycles. The van der Waals surface area contributed by atoms with Gasteiger partial charge in [0.25, 0.3) is 0 Å². The van der Waals surface area contributed by atoms with E-state index in [1.165, 1.54) is 19.3 Å². The summed E-state index contributed by atoms with van der Waals surface area (Å²) in [6.07, 6.45) is 6.27. The Bertz CT molecular complexity index is 479. The summed E-state index contributed by atoms with van der Waals surface area (Å²) in [6, 6.07) is 5.00. The molecule has 1 aliphatic rings. The van der Waals surface area contributed by atoms with Gasteiger partial charge in [0.1, 0.15) is 5.75 Å². The minimum Gasteiger partial charge on any atom is -0.508 e. The van der Waals surface area contributed by atoms with E-state index in [0.717, 1.165) is 24.1 Å². The molecule has 0 saturated heterocycles. The van der Waals surface area contributed by atoms with Crippen LogP contribution < -0.4 is 10.6 Å². The maximum atomic E-state index is 12.3. The predicted octanol–water partition coefficient (Wildman–Crippen LogP) is 2.95. The lowest BCUT2D eigenvalue weighted by Crippen LogP contribution is -2.47. The molecule has 1 fully saturated rings. The van der Waals surface area contributed by atoms with Crippen molar-refractivity contribution in [3.8, 4) is 5.75 Å². The summed E-state index contributed by atoms with van der Waals surface area (Å²) in [5.74, 6) is 0.259. The van der Waals surface area contributed by atoms with Gasteiger partial charge in [-0.1, -0.05) is 19.3 Å². The Hall–Kier alpha value is -1.55. The van der Waals surface area contributed by atoms with E-state index in [0.29, 0.717) is 6.42 Å². The van der Waals surface area contributed by atoms with Gasteiger partial charge in [-0.3, -0.25) is 4.79 Å². The van der Waals surface area contributed by atoms with Crippen LogP contribution in [0.1, 0.15) is 44.1 Å². The van der Waals surface area contributed by atoms with Crippen LogP contribution in [-0.2, 0) is 4.79 Å². The monoisotopic (exact) mass is 276 g/mol. The first-order valence-electron chi connectivity index (χ1n) is 7.33. The summed E-state index contributed by atoms with van der Waals surface area (Å²) >= 11 is 0. The predicted molar refractivity (Wildman–Crippen MR) is 81.0 cm³/mol. The third-order valence-electron chi connectivity index (χ3n) is 4.32. The molecule has 20 heavy (non-hydrogen) atoms. The maximum Gasteiger partial charge on any atom is 0.226 e. The number of nitrogens with one attached hydrogen (secondary N) is 2. The van der Waals surface area contributed by atoms with Crippen molar-refractivity contribution in [3.63, 3.8) is 0 Å². The molecule has 4 nitrogen and oxygen atoms in total. The SMILES string of the molecule is CNC1(CC(=O)Nc2ccc(O)cc2C)CCCCC1. The summed E-state index contributed by atoms with van der Waals surface area (Å²) < 4.78 is 0. The van der Waals surface area contributed by atoms with Gasteiger partial charge in [-0.05, 0) is 50.6 Å². The van der Waals surface area contributed by atoms with Crippen LogP contribution in [0, 0.1) is 6.92 Å². The van der Waals surface area contributed by atoms with Gasteiger partial charge in [0, 0.05) is 17.6 Å². The van der Waals surface area contributed by atoms with Gasteiger partial charge in [0.2, 0.25) is 5.91 Å². The van der Waals surface area contributed by atoms with E-state index in [4.69, 9.17) is 0 Å². The quantitative estimate of drug-likeness (QED) is 0.741. The fourth-order valence-corrected chi connectivity index (χ4v) is 3.03. The van der Waals surface area contributed by atoms with E-state index >= 15 is 0 Å². The van der Waals surface area contributed by atoms with E-state index in [1.807, 2.05) is 14.0 Å². The summed E-state index contributed by atoms with van der Waals surface area (Å²) in [5.41, 5.74) is 1.60. The standard InChI is InChI=1S/C16H24N2O2/c1-12-10-13(19)6-7-14(12)18-15(20)11-16(17-2)8-4-3-5-9-16/h6-7,10,17,19H,3-5,8-9,11H2,1-2H3,(H,18,20). The molecule has 1 aromatic rings. The summed E-state index contributed by atoms with van der Waals surface area (Å²) in [5, 5.41) is 15.7. The number of carbonyl (C=O) groups excluding carboxylic acids is 1. The van der Waals surface area contributed by atoms with Crippen molar-refractivity contribution in [1.82, 2.24) is 5.32 Å². The van der Waals surface area contributed by atoms with Crippen molar-refractivity contribution < 1.29 is 9.90 Å². The number of aryl methyl sites for hydroxylation is 1. The summed E-state index contributed by atoms with van der Waals surface area (Å²) in [7, 11) is 1.95. The second kappa shape index (κ2) is 6.27. The van der Waals surface area contributed by atoms with Crippen molar-refractivity contribution in [1.29, 1.82) is 0 Å². The molecule has 0 unspecified atom stereocenters. The molecule has 1 saturated carbocycles. The van der Waals surface area contributed by atoms with Crippen LogP contribution in [0.3, 0.4) is 0 Å². The first-order chi connectivity index (χ1) is 9.54. The zero-order chi connectivity index (χ0) is 14.6. The van der Waals surface area contributed by atoms with Crippen molar-refractivity contribution in [2.75, 3.05) is 12.4 Å².